The van der Waals surface area contributed by atoms with Gasteiger partial charge in [-0.3, -0.25) is 0 Å². The van der Waals surface area contributed by atoms with E-state index in [2.05, 4.69) is 5.32 Å². The van der Waals surface area contributed by atoms with Crippen LogP contribution in [0.3, 0.4) is 0 Å². The summed E-state index contributed by atoms with van der Waals surface area (Å²) in [5.41, 5.74) is 0.434. The monoisotopic (exact) mass is 255 g/mol. The van der Waals surface area contributed by atoms with Crippen molar-refractivity contribution in [2.45, 2.75) is 26.4 Å². The molecule has 0 saturated carbocycles. The number of benzene rings is 1. The minimum atomic E-state index is -1.06. The van der Waals surface area contributed by atoms with Crippen molar-refractivity contribution in [3.8, 4) is 0 Å². The van der Waals surface area contributed by atoms with Gasteiger partial charge in [-0.1, -0.05) is 0 Å². The van der Waals surface area contributed by atoms with Crippen LogP contribution < -0.4 is 5.32 Å². The number of rotatable bonds is 7. The van der Waals surface area contributed by atoms with Crippen LogP contribution >= 0.6 is 0 Å². The van der Waals surface area contributed by atoms with Crippen molar-refractivity contribution in [2.24, 2.45) is 0 Å². The maximum atomic E-state index is 13.5. The van der Waals surface area contributed by atoms with Crippen LogP contribution in [0, 0.1) is 5.82 Å². The van der Waals surface area contributed by atoms with Crippen LogP contribution in [0.25, 0.3) is 0 Å². The predicted molar refractivity (Wildman–Crippen MR) is 66.2 cm³/mol. The first-order valence-corrected chi connectivity index (χ1v) is 5.87. The minimum Gasteiger partial charge on any atom is -0.478 e. The third kappa shape index (κ3) is 4.43. The van der Waals surface area contributed by atoms with Gasteiger partial charge in [0, 0.05) is 24.8 Å². The lowest BCUT2D eigenvalue weighted by molar-refractivity contribution is 0.0696. The van der Waals surface area contributed by atoms with E-state index in [1.807, 2.05) is 13.8 Å². The molecule has 0 aliphatic carbocycles. The molecule has 0 bridgehead atoms. The zero-order valence-corrected chi connectivity index (χ0v) is 10.6. The zero-order valence-electron chi connectivity index (χ0n) is 10.6. The fourth-order valence-electron chi connectivity index (χ4n) is 1.48. The Hall–Kier alpha value is -1.46. The Labute approximate surface area is 106 Å². The molecule has 1 unspecified atom stereocenters. The van der Waals surface area contributed by atoms with Gasteiger partial charge >= 0.3 is 5.97 Å². The van der Waals surface area contributed by atoms with Gasteiger partial charge in [-0.25, -0.2) is 9.18 Å². The molecular formula is C13H18FNO3. The molecule has 1 aromatic rings. The van der Waals surface area contributed by atoms with Crippen molar-refractivity contribution in [3.63, 3.8) is 0 Å². The van der Waals surface area contributed by atoms with Crippen molar-refractivity contribution < 1.29 is 19.0 Å². The van der Waals surface area contributed by atoms with Gasteiger partial charge in [0.15, 0.2) is 0 Å². The highest BCUT2D eigenvalue weighted by atomic mass is 19.1. The number of aromatic carboxylic acids is 1. The van der Waals surface area contributed by atoms with Crippen molar-refractivity contribution in [3.05, 3.63) is 35.1 Å². The highest BCUT2D eigenvalue weighted by Crippen LogP contribution is 2.11. The molecule has 0 amide bonds. The van der Waals surface area contributed by atoms with Gasteiger partial charge in [0.25, 0.3) is 0 Å². The second-order valence-corrected chi connectivity index (χ2v) is 4.05. The van der Waals surface area contributed by atoms with E-state index >= 15 is 0 Å². The Balaban J connectivity index is 2.60. The number of carbonyl (C=O) groups is 1. The molecule has 0 heterocycles. The first-order valence-electron chi connectivity index (χ1n) is 5.87. The summed E-state index contributed by atoms with van der Waals surface area (Å²) in [5.74, 6) is -1.46. The number of carboxylic acid groups (broad SMARTS) is 1. The van der Waals surface area contributed by atoms with E-state index in [9.17, 15) is 9.18 Å². The van der Waals surface area contributed by atoms with E-state index < -0.39 is 11.8 Å². The number of hydrogen-bond acceptors (Lipinski definition) is 3. The average Bonchev–Trinajstić information content (AvgIpc) is 2.35. The second kappa shape index (κ2) is 7.08. The zero-order chi connectivity index (χ0) is 13.5. The normalized spacial score (nSPS) is 12.4. The van der Waals surface area contributed by atoms with Crippen molar-refractivity contribution >= 4 is 5.97 Å². The van der Waals surface area contributed by atoms with Gasteiger partial charge in [-0.2, -0.15) is 0 Å². The van der Waals surface area contributed by atoms with Gasteiger partial charge in [-0.05, 0) is 32.0 Å². The van der Waals surface area contributed by atoms with E-state index in [4.69, 9.17) is 9.84 Å². The lowest BCUT2D eigenvalue weighted by Gasteiger charge is -2.14. The molecule has 0 saturated heterocycles. The van der Waals surface area contributed by atoms with Crippen molar-refractivity contribution in [2.75, 3.05) is 13.2 Å². The van der Waals surface area contributed by atoms with Crippen LogP contribution in [0.2, 0.25) is 0 Å². The number of hydrogen-bond donors (Lipinski definition) is 2. The van der Waals surface area contributed by atoms with Gasteiger partial charge in [0.2, 0.25) is 0 Å². The number of halogens is 1. The highest BCUT2D eigenvalue weighted by molar-refractivity contribution is 5.87. The van der Waals surface area contributed by atoms with E-state index in [-0.39, 0.29) is 18.2 Å². The Bertz CT molecular complexity index is 409. The maximum absolute atomic E-state index is 13.5. The van der Waals surface area contributed by atoms with Crippen molar-refractivity contribution in [1.82, 2.24) is 5.32 Å². The first kappa shape index (κ1) is 14.6. The van der Waals surface area contributed by atoms with Gasteiger partial charge < -0.3 is 15.2 Å². The Morgan fingerprint density at radius 2 is 2.28 bits per heavy atom. The van der Waals surface area contributed by atoms with E-state index in [0.717, 1.165) is 0 Å². The van der Waals surface area contributed by atoms with Crippen molar-refractivity contribution in [1.29, 1.82) is 0 Å². The number of ether oxygens (including phenoxy) is 1. The summed E-state index contributed by atoms with van der Waals surface area (Å²) < 4.78 is 18.7. The number of nitrogens with one attached hydrogen (secondary N) is 1. The Kier molecular flexibility index (Phi) is 5.74. The molecule has 1 aromatic carbocycles. The summed E-state index contributed by atoms with van der Waals surface area (Å²) in [4.78, 5) is 10.8. The SMILES string of the molecule is CCOCC(C)NCc1cc(C(=O)O)ccc1F. The summed E-state index contributed by atoms with van der Waals surface area (Å²) in [6, 6.07) is 3.86. The minimum absolute atomic E-state index is 0.0813. The molecule has 0 radical (unpaired) electrons. The van der Waals surface area contributed by atoms with Gasteiger partial charge in [-0.15, -0.1) is 0 Å². The smallest absolute Gasteiger partial charge is 0.335 e. The lowest BCUT2D eigenvalue weighted by atomic mass is 10.1. The molecule has 0 aromatic heterocycles. The third-order valence-corrected chi connectivity index (χ3v) is 2.51. The van der Waals surface area contributed by atoms with Crippen LogP contribution in [-0.2, 0) is 11.3 Å². The Morgan fingerprint density at radius 1 is 1.56 bits per heavy atom. The molecular weight excluding hydrogens is 237 g/mol. The highest BCUT2D eigenvalue weighted by Gasteiger charge is 2.09. The van der Waals surface area contributed by atoms with E-state index in [0.29, 0.717) is 18.8 Å². The summed E-state index contributed by atoms with van der Waals surface area (Å²) in [6.45, 7) is 5.28. The van der Waals surface area contributed by atoms with Crippen LogP contribution in [0.15, 0.2) is 18.2 Å². The fourth-order valence-corrected chi connectivity index (χ4v) is 1.48. The maximum Gasteiger partial charge on any atom is 0.335 e. The summed E-state index contributed by atoms with van der Waals surface area (Å²) >= 11 is 0. The van der Waals surface area contributed by atoms with E-state index in [1.54, 1.807) is 0 Å². The Morgan fingerprint density at radius 3 is 2.89 bits per heavy atom. The summed E-state index contributed by atoms with van der Waals surface area (Å²) in [5, 5.41) is 11.9. The van der Waals surface area contributed by atoms with Crippen LogP contribution in [0.5, 0.6) is 0 Å². The largest absolute Gasteiger partial charge is 0.478 e. The second-order valence-electron chi connectivity index (χ2n) is 4.05. The van der Waals surface area contributed by atoms with Gasteiger partial charge in [0.05, 0.1) is 12.2 Å². The van der Waals surface area contributed by atoms with Crippen LogP contribution in [0.1, 0.15) is 29.8 Å². The number of carboxylic acids is 1. The summed E-state index contributed by atoms with van der Waals surface area (Å²) in [7, 11) is 0. The third-order valence-electron chi connectivity index (χ3n) is 2.51. The van der Waals surface area contributed by atoms with E-state index in [1.165, 1.54) is 18.2 Å². The molecule has 5 heteroatoms. The molecule has 0 fully saturated rings. The molecule has 1 atom stereocenters. The molecule has 2 N–H and O–H groups in total. The van der Waals surface area contributed by atoms with Crippen LogP contribution in [-0.4, -0.2) is 30.3 Å². The first-order chi connectivity index (χ1) is 8.54. The molecule has 0 aliphatic rings. The summed E-state index contributed by atoms with van der Waals surface area (Å²) in [6.07, 6.45) is 0. The fraction of sp³-hybridized carbons (Fsp3) is 0.462. The topological polar surface area (TPSA) is 58.6 Å². The standard InChI is InChI=1S/C13H18FNO3/c1-3-18-8-9(2)15-7-11-6-10(13(16)17)4-5-12(11)14/h4-6,9,15H,3,7-8H2,1-2H3,(H,16,17). The molecule has 4 nitrogen and oxygen atoms in total. The molecule has 0 aliphatic heterocycles. The van der Waals surface area contributed by atoms with Gasteiger partial charge in [0.1, 0.15) is 5.82 Å². The molecule has 1 rings (SSSR count). The predicted octanol–water partition coefficient (Wildman–Crippen LogP) is 2.04. The molecule has 0 spiro atoms. The lowest BCUT2D eigenvalue weighted by Crippen LogP contribution is -2.30. The quantitative estimate of drug-likeness (QED) is 0.782. The molecule has 100 valence electrons. The average molecular weight is 255 g/mol. The van der Waals surface area contributed by atoms with Crippen LogP contribution in [0.4, 0.5) is 4.39 Å². The molecule has 18 heavy (non-hydrogen) atoms.